The van der Waals surface area contributed by atoms with Gasteiger partial charge in [0.05, 0.1) is 5.75 Å². The Hall–Kier alpha value is -0.0900. The standard InChI is InChI=1S/C11H25NO2S/c1-4-7-10(3)11(12)8-6-9-15(13,14)5-2/h10-11H,4-9,12H2,1-3H3. The Balaban J connectivity index is 3.77. The highest BCUT2D eigenvalue weighted by molar-refractivity contribution is 7.91. The zero-order chi connectivity index (χ0) is 11.9. The van der Waals surface area contributed by atoms with E-state index in [1.807, 2.05) is 0 Å². The van der Waals surface area contributed by atoms with Gasteiger partial charge in [-0.15, -0.1) is 0 Å². The van der Waals surface area contributed by atoms with Crippen molar-refractivity contribution in [2.24, 2.45) is 11.7 Å². The fraction of sp³-hybridized carbons (Fsp3) is 1.00. The summed E-state index contributed by atoms with van der Waals surface area (Å²) >= 11 is 0. The van der Waals surface area contributed by atoms with Gasteiger partial charge < -0.3 is 5.73 Å². The van der Waals surface area contributed by atoms with Gasteiger partial charge in [-0.3, -0.25) is 0 Å². The molecule has 0 amide bonds. The summed E-state index contributed by atoms with van der Waals surface area (Å²) in [4.78, 5) is 0. The van der Waals surface area contributed by atoms with Crippen molar-refractivity contribution in [1.29, 1.82) is 0 Å². The molecule has 0 radical (unpaired) electrons. The van der Waals surface area contributed by atoms with Gasteiger partial charge in [0.2, 0.25) is 0 Å². The number of hydrogen-bond acceptors (Lipinski definition) is 3. The third-order valence-corrected chi connectivity index (χ3v) is 4.70. The molecule has 0 aromatic carbocycles. The van der Waals surface area contributed by atoms with Gasteiger partial charge in [0.15, 0.2) is 0 Å². The Bertz CT molecular complexity index is 249. The molecule has 0 heterocycles. The molecule has 0 aliphatic carbocycles. The van der Waals surface area contributed by atoms with Gasteiger partial charge in [0, 0.05) is 11.8 Å². The van der Waals surface area contributed by atoms with Gasteiger partial charge in [-0.1, -0.05) is 27.2 Å². The second-order valence-corrected chi connectivity index (χ2v) is 6.78. The van der Waals surface area contributed by atoms with E-state index in [9.17, 15) is 8.42 Å². The van der Waals surface area contributed by atoms with Gasteiger partial charge >= 0.3 is 0 Å². The van der Waals surface area contributed by atoms with Crippen molar-refractivity contribution in [3.63, 3.8) is 0 Å². The molecule has 0 aliphatic heterocycles. The summed E-state index contributed by atoms with van der Waals surface area (Å²) in [5.41, 5.74) is 5.98. The van der Waals surface area contributed by atoms with Crippen LogP contribution in [0.25, 0.3) is 0 Å². The molecule has 0 saturated heterocycles. The molecule has 0 spiro atoms. The SMILES string of the molecule is CCCC(C)C(N)CCCS(=O)(=O)CC. The van der Waals surface area contributed by atoms with Gasteiger partial charge in [-0.05, 0) is 25.2 Å². The van der Waals surface area contributed by atoms with E-state index < -0.39 is 9.84 Å². The Morgan fingerprint density at radius 1 is 1.20 bits per heavy atom. The summed E-state index contributed by atoms with van der Waals surface area (Å²) in [5, 5.41) is 0. The van der Waals surface area contributed by atoms with Crippen LogP contribution in [-0.4, -0.2) is 26.0 Å². The van der Waals surface area contributed by atoms with Crippen LogP contribution in [0.4, 0.5) is 0 Å². The first-order valence-electron chi connectivity index (χ1n) is 5.89. The number of rotatable bonds is 8. The van der Waals surface area contributed by atoms with Crippen LogP contribution < -0.4 is 5.73 Å². The molecule has 0 bridgehead atoms. The second-order valence-electron chi connectivity index (χ2n) is 4.31. The lowest BCUT2D eigenvalue weighted by molar-refractivity contribution is 0.399. The van der Waals surface area contributed by atoms with E-state index in [-0.39, 0.29) is 17.5 Å². The topological polar surface area (TPSA) is 60.2 Å². The van der Waals surface area contributed by atoms with Crippen molar-refractivity contribution in [2.75, 3.05) is 11.5 Å². The van der Waals surface area contributed by atoms with Crippen LogP contribution in [-0.2, 0) is 9.84 Å². The molecule has 2 N–H and O–H groups in total. The highest BCUT2D eigenvalue weighted by Gasteiger charge is 2.13. The lowest BCUT2D eigenvalue weighted by atomic mass is 9.94. The Morgan fingerprint density at radius 2 is 1.80 bits per heavy atom. The quantitative estimate of drug-likeness (QED) is 0.699. The highest BCUT2D eigenvalue weighted by Crippen LogP contribution is 2.13. The maximum Gasteiger partial charge on any atom is 0.150 e. The lowest BCUT2D eigenvalue weighted by Crippen LogP contribution is -2.28. The average molecular weight is 235 g/mol. The highest BCUT2D eigenvalue weighted by atomic mass is 32.2. The number of sulfone groups is 1. The smallest absolute Gasteiger partial charge is 0.150 e. The van der Waals surface area contributed by atoms with E-state index in [2.05, 4.69) is 13.8 Å². The molecule has 0 fully saturated rings. The summed E-state index contributed by atoms with van der Waals surface area (Å²) in [7, 11) is -2.81. The van der Waals surface area contributed by atoms with E-state index in [1.54, 1.807) is 6.92 Å². The minimum Gasteiger partial charge on any atom is -0.327 e. The molecule has 0 aromatic rings. The molecule has 3 nitrogen and oxygen atoms in total. The van der Waals surface area contributed by atoms with Gasteiger partial charge in [0.1, 0.15) is 9.84 Å². The predicted molar refractivity (Wildman–Crippen MR) is 65.6 cm³/mol. The molecular weight excluding hydrogens is 210 g/mol. The molecular formula is C11H25NO2S. The van der Waals surface area contributed by atoms with Gasteiger partial charge in [-0.25, -0.2) is 8.42 Å². The molecule has 0 aliphatic rings. The molecule has 92 valence electrons. The van der Waals surface area contributed by atoms with Crippen molar-refractivity contribution in [1.82, 2.24) is 0 Å². The fourth-order valence-corrected chi connectivity index (χ4v) is 2.53. The molecule has 2 atom stereocenters. The Labute approximate surface area is 94.4 Å². The van der Waals surface area contributed by atoms with Crippen LogP contribution in [0.2, 0.25) is 0 Å². The van der Waals surface area contributed by atoms with Crippen molar-refractivity contribution in [2.45, 2.75) is 52.5 Å². The number of hydrogen-bond donors (Lipinski definition) is 1. The van der Waals surface area contributed by atoms with Crippen LogP contribution >= 0.6 is 0 Å². The normalized spacial score (nSPS) is 16.3. The zero-order valence-electron chi connectivity index (χ0n) is 10.2. The fourth-order valence-electron chi connectivity index (χ4n) is 1.64. The van der Waals surface area contributed by atoms with Crippen LogP contribution in [0.15, 0.2) is 0 Å². The van der Waals surface area contributed by atoms with E-state index >= 15 is 0 Å². The maximum atomic E-state index is 11.2. The molecule has 15 heavy (non-hydrogen) atoms. The first-order valence-corrected chi connectivity index (χ1v) is 7.71. The summed E-state index contributed by atoms with van der Waals surface area (Å²) in [6.45, 7) is 5.97. The lowest BCUT2D eigenvalue weighted by Gasteiger charge is -2.18. The van der Waals surface area contributed by atoms with Crippen LogP contribution in [0, 0.1) is 5.92 Å². The summed E-state index contributed by atoms with van der Waals surface area (Å²) in [6, 6.07) is 0.150. The Kier molecular flexibility index (Phi) is 7.18. The summed E-state index contributed by atoms with van der Waals surface area (Å²) in [6.07, 6.45) is 3.79. The van der Waals surface area contributed by atoms with Crippen molar-refractivity contribution >= 4 is 9.84 Å². The number of nitrogens with two attached hydrogens (primary N) is 1. The van der Waals surface area contributed by atoms with Gasteiger partial charge in [-0.2, -0.15) is 0 Å². The second kappa shape index (κ2) is 7.23. The van der Waals surface area contributed by atoms with E-state index in [0.717, 1.165) is 19.3 Å². The monoisotopic (exact) mass is 235 g/mol. The van der Waals surface area contributed by atoms with Crippen LogP contribution in [0.1, 0.15) is 46.5 Å². The largest absolute Gasteiger partial charge is 0.327 e. The molecule has 2 unspecified atom stereocenters. The molecule has 4 heteroatoms. The molecule has 0 rings (SSSR count). The Morgan fingerprint density at radius 3 is 2.27 bits per heavy atom. The van der Waals surface area contributed by atoms with Crippen molar-refractivity contribution in [3.8, 4) is 0 Å². The van der Waals surface area contributed by atoms with E-state index in [0.29, 0.717) is 12.3 Å². The summed E-state index contributed by atoms with van der Waals surface area (Å²) < 4.78 is 22.5. The van der Waals surface area contributed by atoms with Crippen molar-refractivity contribution < 1.29 is 8.42 Å². The maximum absolute atomic E-state index is 11.2. The van der Waals surface area contributed by atoms with E-state index in [1.165, 1.54) is 0 Å². The molecule has 0 saturated carbocycles. The minimum atomic E-state index is -2.81. The van der Waals surface area contributed by atoms with Crippen molar-refractivity contribution in [3.05, 3.63) is 0 Å². The predicted octanol–water partition coefficient (Wildman–Crippen LogP) is 1.96. The molecule has 0 aromatic heterocycles. The van der Waals surface area contributed by atoms with Gasteiger partial charge in [0.25, 0.3) is 0 Å². The first kappa shape index (κ1) is 14.9. The van der Waals surface area contributed by atoms with E-state index in [4.69, 9.17) is 5.73 Å². The van der Waals surface area contributed by atoms with Crippen LogP contribution in [0.5, 0.6) is 0 Å². The third kappa shape index (κ3) is 6.90. The minimum absolute atomic E-state index is 0.150. The average Bonchev–Trinajstić information content (AvgIpc) is 2.18. The first-order chi connectivity index (χ1) is 6.93. The van der Waals surface area contributed by atoms with Crippen LogP contribution in [0.3, 0.4) is 0 Å². The third-order valence-electron chi connectivity index (χ3n) is 2.91. The summed E-state index contributed by atoms with van der Waals surface area (Å²) in [5.74, 6) is 1.03. The zero-order valence-corrected chi connectivity index (χ0v) is 11.0.